The van der Waals surface area contributed by atoms with Gasteiger partial charge in [-0.1, -0.05) is 113 Å². The highest BCUT2D eigenvalue weighted by molar-refractivity contribution is 5.95. The lowest BCUT2D eigenvalue weighted by molar-refractivity contribution is 0.598. The van der Waals surface area contributed by atoms with Gasteiger partial charge in [0.1, 0.15) is 0 Å². The molecular formula is C42H36N2. The van der Waals surface area contributed by atoms with Crippen LogP contribution in [0.15, 0.2) is 146 Å². The van der Waals surface area contributed by atoms with E-state index in [1.54, 1.807) is 0 Å². The summed E-state index contributed by atoms with van der Waals surface area (Å²) in [6, 6.07) is 53.1. The largest absolute Gasteiger partial charge is 0.310 e. The highest BCUT2D eigenvalue weighted by Gasteiger charge is 2.45. The van der Waals surface area contributed by atoms with Gasteiger partial charge in [0.05, 0.1) is 17.1 Å². The van der Waals surface area contributed by atoms with Gasteiger partial charge in [-0.2, -0.15) is 0 Å². The lowest BCUT2D eigenvalue weighted by atomic mass is 9.65. The Bertz CT molecular complexity index is 1970. The molecule has 6 aromatic carbocycles. The van der Waals surface area contributed by atoms with Crippen LogP contribution in [0.5, 0.6) is 0 Å². The normalized spacial score (nSPS) is 15.1. The second kappa shape index (κ2) is 9.72. The fourth-order valence-electron chi connectivity index (χ4n) is 7.44. The van der Waals surface area contributed by atoms with E-state index >= 15 is 0 Å². The molecule has 2 aliphatic heterocycles. The predicted molar refractivity (Wildman–Crippen MR) is 185 cm³/mol. The number of hydrogen-bond acceptors (Lipinski definition) is 2. The van der Waals surface area contributed by atoms with Crippen LogP contribution in [0.4, 0.5) is 34.1 Å². The third-order valence-corrected chi connectivity index (χ3v) is 9.79. The molecule has 2 heteroatoms. The van der Waals surface area contributed by atoms with E-state index in [-0.39, 0.29) is 10.8 Å². The summed E-state index contributed by atoms with van der Waals surface area (Å²) in [5.41, 5.74) is 14.9. The van der Waals surface area contributed by atoms with E-state index in [1.807, 2.05) is 0 Å². The van der Waals surface area contributed by atoms with Crippen molar-refractivity contribution < 1.29 is 0 Å². The number of anilines is 6. The molecular weight excluding hydrogens is 532 g/mol. The number of rotatable bonds is 4. The first-order chi connectivity index (χ1) is 21.4. The molecule has 214 valence electrons. The Balaban J connectivity index is 1.41. The van der Waals surface area contributed by atoms with Crippen LogP contribution >= 0.6 is 0 Å². The van der Waals surface area contributed by atoms with Crippen LogP contribution in [0.1, 0.15) is 49.9 Å². The molecule has 0 radical (unpaired) electrons. The minimum absolute atomic E-state index is 0.146. The summed E-state index contributed by atoms with van der Waals surface area (Å²) < 4.78 is 0. The Hall–Kier alpha value is -5.08. The molecule has 2 heterocycles. The van der Waals surface area contributed by atoms with Crippen molar-refractivity contribution in [3.05, 3.63) is 168 Å². The van der Waals surface area contributed by atoms with Crippen LogP contribution in [0.2, 0.25) is 0 Å². The summed E-state index contributed by atoms with van der Waals surface area (Å²) in [4.78, 5) is 4.91. The average molecular weight is 569 g/mol. The summed E-state index contributed by atoms with van der Waals surface area (Å²) in [6.45, 7) is 9.58. The maximum atomic E-state index is 2.54. The topological polar surface area (TPSA) is 6.48 Å². The van der Waals surface area contributed by atoms with Crippen molar-refractivity contribution in [2.45, 2.75) is 38.5 Å². The van der Waals surface area contributed by atoms with Gasteiger partial charge in [-0.15, -0.1) is 0 Å². The van der Waals surface area contributed by atoms with Crippen molar-refractivity contribution in [2.24, 2.45) is 0 Å². The van der Waals surface area contributed by atoms with Crippen molar-refractivity contribution in [3.8, 4) is 11.1 Å². The number of fused-ring (bicyclic) bond motifs is 4. The average Bonchev–Trinajstić information content (AvgIpc) is 3.06. The van der Waals surface area contributed by atoms with Crippen molar-refractivity contribution in [1.82, 2.24) is 0 Å². The van der Waals surface area contributed by atoms with Crippen LogP contribution in [0.25, 0.3) is 11.1 Å². The smallest absolute Gasteiger partial charge is 0.0544 e. The first-order valence-electron chi connectivity index (χ1n) is 15.5. The minimum atomic E-state index is -0.238. The Morgan fingerprint density at radius 2 is 0.909 bits per heavy atom. The molecule has 0 spiro atoms. The van der Waals surface area contributed by atoms with Crippen molar-refractivity contribution in [3.63, 3.8) is 0 Å². The van der Waals surface area contributed by atoms with Crippen LogP contribution < -0.4 is 9.80 Å². The van der Waals surface area contributed by atoms with Gasteiger partial charge < -0.3 is 9.80 Å². The highest BCUT2D eigenvalue weighted by Crippen LogP contribution is 2.61. The highest BCUT2D eigenvalue weighted by atomic mass is 15.2. The molecule has 2 aliphatic rings. The van der Waals surface area contributed by atoms with Gasteiger partial charge in [-0.3, -0.25) is 0 Å². The second-order valence-corrected chi connectivity index (χ2v) is 13.1. The number of benzene rings is 6. The lowest BCUT2D eigenvalue weighted by Crippen LogP contribution is -2.38. The molecule has 8 rings (SSSR count). The maximum Gasteiger partial charge on any atom is 0.0544 e. The minimum Gasteiger partial charge on any atom is -0.310 e. The number of para-hydroxylation sites is 3. The Labute approximate surface area is 260 Å². The van der Waals surface area contributed by atoms with Gasteiger partial charge in [0.15, 0.2) is 0 Å². The van der Waals surface area contributed by atoms with Gasteiger partial charge >= 0.3 is 0 Å². The zero-order valence-electron chi connectivity index (χ0n) is 25.8. The van der Waals surface area contributed by atoms with Crippen LogP contribution in [-0.4, -0.2) is 0 Å². The van der Waals surface area contributed by atoms with Crippen molar-refractivity contribution in [1.29, 1.82) is 0 Å². The summed E-state index contributed by atoms with van der Waals surface area (Å²) in [5.74, 6) is 0. The monoisotopic (exact) mass is 568 g/mol. The zero-order chi connectivity index (χ0) is 30.1. The third kappa shape index (κ3) is 3.87. The van der Waals surface area contributed by atoms with Crippen LogP contribution in [0, 0.1) is 0 Å². The maximum absolute atomic E-state index is 2.54. The summed E-state index contributed by atoms with van der Waals surface area (Å²) in [6.07, 6.45) is 0. The molecule has 0 bridgehead atoms. The Kier molecular flexibility index (Phi) is 5.86. The van der Waals surface area contributed by atoms with Crippen molar-refractivity contribution in [2.75, 3.05) is 9.80 Å². The standard InChI is InChI=1S/C42H36N2/c1-41(2)34-22-14-15-23-38(34)44-39-25-24-33(43(31-18-10-6-11-19-31)32-20-12-7-13-21-32)28-35(39)42(3,4)37-27-30(26-36(41)40(37)44)29-16-8-5-9-17-29/h5-28H,1-4H3. The van der Waals surface area contributed by atoms with E-state index in [9.17, 15) is 0 Å². The van der Waals surface area contributed by atoms with Crippen LogP contribution in [0.3, 0.4) is 0 Å². The van der Waals surface area contributed by atoms with Gasteiger partial charge in [-0.05, 0) is 94.0 Å². The fraction of sp³-hybridized carbons (Fsp3) is 0.143. The quantitative estimate of drug-likeness (QED) is 0.209. The van der Waals surface area contributed by atoms with Crippen LogP contribution in [-0.2, 0) is 10.8 Å². The SMILES string of the molecule is CC1(C)c2ccccc2N2c3ccc(N(c4ccccc4)c4ccccc4)cc3C(C)(C)c3cc(-c4ccccc4)cc1c32. The van der Waals surface area contributed by atoms with E-state index in [0.717, 1.165) is 17.1 Å². The summed E-state index contributed by atoms with van der Waals surface area (Å²) >= 11 is 0. The lowest BCUT2D eigenvalue weighted by Gasteiger charge is -2.50. The molecule has 2 nitrogen and oxygen atoms in total. The predicted octanol–water partition coefficient (Wildman–Crippen LogP) is 11.6. The summed E-state index contributed by atoms with van der Waals surface area (Å²) in [5, 5.41) is 0. The van der Waals surface area contributed by atoms with Gasteiger partial charge in [0, 0.05) is 27.9 Å². The molecule has 0 amide bonds. The van der Waals surface area contributed by atoms with E-state index < -0.39 is 0 Å². The molecule has 0 fully saturated rings. The van der Waals surface area contributed by atoms with E-state index in [4.69, 9.17) is 0 Å². The van der Waals surface area contributed by atoms with Crippen molar-refractivity contribution >= 4 is 34.1 Å². The number of hydrogen-bond donors (Lipinski definition) is 0. The Morgan fingerprint density at radius 1 is 0.409 bits per heavy atom. The first-order valence-corrected chi connectivity index (χ1v) is 15.5. The molecule has 0 unspecified atom stereocenters. The molecule has 0 aromatic heterocycles. The van der Waals surface area contributed by atoms with E-state index in [1.165, 1.54) is 50.4 Å². The molecule has 0 saturated heterocycles. The fourth-order valence-corrected chi connectivity index (χ4v) is 7.44. The second-order valence-electron chi connectivity index (χ2n) is 13.1. The molecule has 0 aliphatic carbocycles. The molecule has 44 heavy (non-hydrogen) atoms. The molecule has 0 saturated carbocycles. The molecule has 6 aromatic rings. The van der Waals surface area contributed by atoms with Gasteiger partial charge in [-0.25, -0.2) is 0 Å². The first kappa shape index (κ1) is 26.5. The van der Waals surface area contributed by atoms with E-state index in [2.05, 4.69) is 183 Å². The molecule has 0 N–H and O–H groups in total. The van der Waals surface area contributed by atoms with Gasteiger partial charge in [0.25, 0.3) is 0 Å². The Morgan fingerprint density at radius 3 is 1.52 bits per heavy atom. The third-order valence-electron chi connectivity index (χ3n) is 9.79. The molecule has 0 atom stereocenters. The zero-order valence-corrected chi connectivity index (χ0v) is 25.8. The van der Waals surface area contributed by atoms with E-state index in [0.29, 0.717) is 0 Å². The summed E-state index contributed by atoms with van der Waals surface area (Å²) in [7, 11) is 0. The number of nitrogens with zero attached hydrogens (tertiary/aromatic N) is 2. The van der Waals surface area contributed by atoms with Gasteiger partial charge in [0.2, 0.25) is 0 Å².